The van der Waals surface area contributed by atoms with Gasteiger partial charge in [-0.2, -0.15) is 0 Å². The lowest BCUT2D eigenvalue weighted by Crippen LogP contribution is -2.30. The summed E-state index contributed by atoms with van der Waals surface area (Å²) in [5, 5.41) is 0. The molecule has 0 aromatic rings. The van der Waals surface area contributed by atoms with Crippen molar-refractivity contribution in [3.63, 3.8) is 0 Å². The van der Waals surface area contributed by atoms with E-state index < -0.39 is 6.10 Å². The van der Waals surface area contributed by atoms with Gasteiger partial charge in [0.25, 0.3) is 0 Å². The van der Waals surface area contributed by atoms with Gasteiger partial charge in [-0.05, 0) is 89.9 Å². The molecule has 0 aliphatic heterocycles. The molecule has 0 aliphatic carbocycles. The Bertz CT molecular complexity index is 1430. The van der Waals surface area contributed by atoms with Crippen LogP contribution in [0.2, 0.25) is 0 Å². The van der Waals surface area contributed by atoms with Crippen LogP contribution in [0.25, 0.3) is 0 Å². The molecule has 75 heavy (non-hydrogen) atoms. The molecule has 0 unspecified atom stereocenters. The van der Waals surface area contributed by atoms with Gasteiger partial charge in [0.15, 0.2) is 6.10 Å². The maximum atomic E-state index is 12.9. The van der Waals surface area contributed by atoms with Gasteiger partial charge in [-0.15, -0.1) is 0 Å². The summed E-state index contributed by atoms with van der Waals surface area (Å²) in [4.78, 5) is 38.3. The predicted octanol–water partition coefficient (Wildman–Crippen LogP) is 21.9. The second-order valence-corrected chi connectivity index (χ2v) is 21.3. The number of hydrogen-bond acceptors (Lipinski definition) is 6. The van der Waals surface area contributed by atoms with Gasteiger partial charge in [0.2, 0.25) is 0 Å². The highest BCUT2D eigenvalue weighted by molar-refractivity contribution is 5.71. The zero-order valence-electron chi connectivity index (χ0n) is 49.6. The van der Waals surface area contributed by atoms with Crippen LogP contribution in [0.15, 0.2) is 85.1 Å². The highest BCUT2D eigenvalue weighted by Crippen LogP contribution is 2.17. The summed E-state index contributed by atoms with van der Waals surface area (Å²) in [6.07, 6.45) is 83.1. The molecule has 6 heteroatoms. The Labute approximate surface area is 465 Å². The van der Waals surface area contributed by atoms with E-state index >= 15 is 0 Å². The number of unbranched alkanes of at least 4 members (excludes halogenated alkanes) is 33. The van der Waals surface area contributed by atoms with Crippen molar-refractivity contribution in [1.82, 2.24) is 0 Å². The quantitative estimate of drug-likeness (QED) is 0.0261. The molecule has 0 heterocycles. The van der Waals surface area contributed by atoms with Crippen LogP contribution in [0.3, 0.4) is 0 Å². The number of allylic oxidation sites excluding steroid dienone is 14. The van der Waals surface area contributed by atoms with Crippen molar-refractivity contribution in [3.05, 3.63) is 85.1 Å². The van der Waals surface area contributed by atoms with Crippen molar-refractivity contribution in [2.24, 2.45) is 0 Å². The normalized spacial score (nSPS) is 12.6. The fraction of sp³-hybridized carbons (Fsp3) is 0.754. The molecule has 0 rings (SSSR count). The average Bonchev–Trinajstić information content (AvgIpc) is 3.41. The van der Waals surface area contributed by atoms with Gasteiger partial charge in [0.1, 0.15) is 13.2 Å². The van der Waals surface area contributed by atoms with E-state index in [0.717, 1.165) is 83.5 Å². The Morgan fingerprint density at radius 1 is 0.280 bits per heavy atom. The molecule has 0 saturated carbocycles. The summed E-state index contributed by atoms with van der Waals surface area (Å²) in [7, 11) is 0. The van der Waals surface area contributed by atoms with Crippen LogP contribution in [0.1, 0.15) is 316 Å². The molecule has 6 nitrogen and oxygen atoms in total. The molecule has 0 aliphatic rings. The molecule has 0 saturated heterocycles. The highest BCUT2D eigenvalue weighted by atomic mass is 16.6. The van der Waals surface area contributed by atoms with E-state index in [-0.39, 0.29) is 37.5 Å². The summed E-state index contributed by atoms with van der Waals surface area (Å²) in [6, 6.07) is 0. The third-order valence-electron chi connectivity index (χ3n) is 13.9. The van der Waals surface area contributed by atoms with E-state index in [0.29, 0.717) is 19.3 Å². The minimum atomic E-state index is -0.801. The van der Waals surface area contributed by atoms with Crippen LogP contribution < -0.4 is 0 Å². The first-order valence-electron chi connectivity index (χ1n) is 32.1. The van der Waals surface area contributed by atoms with Gasteiger partial charge >= 0.3 is 17.9 Å². The molecule has 0 fully saturated rings. The van der Waals surface area contributed by atoms with E-state index in [1.165, 1.54) is 186 Å². The SMILES string of the molecule is CC/C=C\C/C=C\C/C=C\C/C=C\C/C=C\CCCC(=O)OC[C@H](COC(=O)CCCCCCCCCCC/C=C\C/C=C\CCCCC)OC(=O)CCCCCCCCCCCCCCCCCCCCCCC. The van der Waals surface area contributed by atoms with Crippen LogP contribution in [-0.2, 0) is 28.6 Å². The van der Waals surface area contributed by atoms with Gasteiger partial charge in [0, 0.05) is 19.3 Å². The zero-order chi connectivity index (χ0) is 54.3. The van der Waals surface area contributed by atoms with Crippen LogP contribution in [0, 0.1) is 0 Å². The van der Waals surface area contributed by atoms with E-state index in [1.807, 2.05) is 0 Å². The van der Waals surface area contributed by atoms with E-state index in [2.05, 4.69) is 106 Å². The molecule has 0 spiro atoms. The number of hydrogen-bond donors (Lipinski definition) is 0. The van der Waals surface area contributed by atoms with Crippen molar-refractivity contribution >= 4 is 17.9 Å². The first kappa shape index (κ1) is 71.6. The molecule has 1 atom stereocenters. The van der Waals surface area contributed by atoms with Gasteiger partial charge in [0.05, 0.1) is 0 Å². The largest absolute Gasteiger partial charge is 0.462 e. The molecule has 0 radical (unpaired) electrons. The highest BCUT2D eigenvalue weighted by Gasteiger charge is 2.19. The lowest BCUT2D eigenvalue weighted by molar-refractivity contribution is -0.167. The van der Waals surface area contributed by atoms with Gasteiger partial charge < -0.3 is 14.2 Å². The molecular weight excluding hydrogens is 925 g/mol. The Balaban J connectivity index is 4.42. The van der Waals surface area contributed by atoms with Crippen molar-refractivity contribution in [3.8, 4) is 0 Å². The van der Waals surface area contributed by atoms with Crippen LogP contribution in [0.5, 0.6) is 0 Å². The maximum Gasteiger partial charge on any atom is 0.306 e. The third-order valence-corrected chi connectivity index (χ3v) is 13.9. The molecule has 0 bridgehead atoms. The maximum absolute atomic E-state index is 12.9. The number of carbonyl (C=O) groups is 3. The van der Waals surface area contributed by atoms with Gasteiger partial charge in [-0.25, -0.2) is 0 Å². The van der Waals surface area contributed by atoms with Crippen molar-refractivity contribution < 1.29 is 28.6 Å². The lowest BCUT2D eigenvalue weighted by atomic mass is 10.0. The summed E-state index contributed by atoms with van der Waals surface area (Å²) in [5.74, 6) is -0.944. The number of esters is 3. The van der Waals surface area contributed by atoms with Crippen molar-refractivity contribution in [1.29, 1.82) is 0 Å². The Morgan fingerprint density at radius 3 is 0.893 bits per heavy atom. The summed E-state index contributed by atoms with van der Waals surface area (Å²) in [6.45, 7) is 6.49. The third kappa shape index (κ3) is 61.3. The molecular formula is C69H120O6. The average molecular weight is 1050 g/mol. The van der Waals surface area contributed by atoms with Gasteiger partial charge in [-0.3, -0.25) is 14.4 Å². The topological polar surface area (TPSA) is 78.9 Å². The van der Waals surface area contributed by atoms with E-state index in [9.17, 15) is 14.4 Å². The lowest BCUT2D eigenvalue weighted by Gasteiger charge is -2.18. The summed E-state index contributed by atoms with van der Waals surface area (Å²) in [5.41, 5.74) is 0. The second kappa shape index (κ2) is 63.1. The minimum Gasteiger partial charge on any atom is -0.462 e. The summed E-state index contributed by atoms with van der Waals surface area (Å²) >= 11 is 0. The van der Waals surface area contributed by atoms with Gasteiger partial charge in [-0.1, -0.05) is 292 Å². The Hall–Kier alpha value is -3.41. The molecule has 432 valence electrons. The monoisotopic (exact) mass is 1040 g/mol. The minimum absolute atomic E-state index is 0.0941. The smallest absolute Gasteiger partial charge is 0.306 e. The second-order valence-electron chi connectivity index (χ2n) is 21.3. The first-order chi connectivity index (χ1) is 37.0. The number of ether oxygens (including phenoxy) is 3. The first-order valence-corrected chi connectivity index (χ1v) is 32.1. The Kier molecular flexibility index (Phi) is 60.3. The standard InChI is InChI=1S/C69H120O6/c1-4-7-10-13-16-19-22-25-28-31-33-34-36-39-42-45-48-51-54-57-60-63-69(72)75-66(64-73-67(70)61-58-55-52-49-46-43-40-37-30-27-24-21-18-15-12-9-6-3)65-74-68(71)62-59-56-53-50-47-44-41-38-35-32-29-26-23-20-17-14-11-8-5-2/h9,12,17-18,20-21,26-27,29-30,40,43,49,52,66H,4-8,10-11,13-16,19,22-25,28,31-39,41-42,44-48,50-51,53-65H2,1-3H3/b12-9-,20-17-,21-18-,29-26-,30-27-,43-40-,52-49-/t66-/m1/s1. The number of carbonyl (C=O) groups excluding carboxylic acids is 3. The van der Waals surface area contributed by atoms with Crippen LogP contribution in [-0.4, -0.2) is 37.2 Å². The summed E-state index contributed by atoms with van der Waals surface area (Å²) < 4.78 is 16.9. The molecule has 0 amide bonds. The van der Waals surface area contributed by atoms with E-state index in [4.69, 9.17) is 14.2 Å². The van der Waals surface area contributed by atoms with Crippen LogP contribution in [0.4, 0.5) is 0 Å². The fourth-order valence-corrected chi connectivity index (χ4v) is 9.10. The van der Waals surface area contributed by atoms with Crippen molar-refractivity contribution in [2.45, 2.75) is 322 Å². The predicted molar refractivity (Wildman–Crippen MR) is 325 cm³/mol. The van der Waals surface area contributed by atoms with Crippen LogP contribution >= 0.6 is 0 Å². The molecule has 0 aromatic heterocycles. The number of rotatable bonds is 58. The molecule has 0 aromatic carbocycles. The zero-order valence-corrected chi connectivity index (χ0v) is 49.6. The van der Waals surface area contributed by atoms with E-state index in [1.54, 1.807) is 0 Å². The molecule has 0 N–H and O–H groups in total. The van der Waals surface area contributed by atoms with Crippen molar-refractivity contribution in [2.75, 3.05) is 13.2 Å². The fourth-order valence-electron chi connectivity index (χ4n) is 9.10. The Morgan fingerprint density at radius 2 is 0.533 bits per heavy atom.